The Balaban J connectivity index is 1.62. The molecule has 0 amide bonds. The summed E-state index contributed by atoms with van der Waals surface area (Å²) in [6.07, 6.45) is 6.65. The molecular formula is C18H25NO2. The summed E-state index contributed by atoms with van der Waals surface area (Å²) in [6, 6.07) is 10.5. The number of rotatable bonds is 7. The van der Waals surface area contributed by atoms with Crippen LogP contribution < -0.4 is 4.90 Å². The van der Waals surface area contributed by atoms with Crippen LogP contribution in [0.1, 0.15) is 38.5 Å². The molecule has 0 radical (unpaired) electrons. The number of para-hydroxylation sites is 1. The van der Waals surface area contributed by atoms with Crippen molar-refractivity contribution in [2.45, 2.75) is 38.5 Å². The number of fused-ring (bicyclic) bond motifs is 2. The van der Waals surface area contributed by atoms with Gasteiger partial charge in [0.25, 0.3) is 0 Å². The Bertz CT molecular complexity index is 473. The molecule has 0 aliphatic heterocycles. The normalized spacial score (nSPS) is 27.0. The molecule has 1 N–H and O–H groups in total. The predicted octanol–water partition coefficient (Wildman–Crippen LogP) is 3.79. The first-order chi connectivity index (χ1) is 10.2. The van der Waals surface area contributed by atoms with E-state index in [0.717, 1.165) is 37.3 Å². The average molecular weight is 287 g/mol. The summed E-state index contributed by atoms with van der Waals surface area (Å²) in [7, 11) is 0. The van der Waals surface area contributed by atoms with E-state index in [9.17, 15) is 4.79 Å². The Morgan fingerprint density at radius 2 is 2.00 bits per heavy atom. The number of carboxylic acids is 1. The number of carbonyl (C=O) groups is 1. The Hall–Kier alpha value is -1.51. The molecule has 0 heterocycles. The summed E-state index contributed by atoms with van der Waals surface area (Å²) < 4.78 is 0. The van der Waals surface area contributed by atoms with Crippen molar-refractivity contribution < 1.29 is 9.90 Å². The molecule has 2 aliphatic rings. The minimum Gasteiger partial charge on any atom is -0.481 e. The number of hydrogen-bond acceptors (Lipinski definition) is 2. The lowest BCUT2D eigenvalue weighted by Crippen LogP contribution is -2.33. The van der Waals surface area contributed by atoms with Crippen LogP contribution in [0.4, 0.5) is 5.69 Å². The van der Waals surface area contributed by atoms with E-state index in [2.05, 4.69) is 29.2 Å². The standard InChI is InChI=1S/C18H25NO2/c20-18(21)7-4-10-19(17-5-2-1-3-6-17)13-16-12-14-8-9-15(16)11-14/h1-3,5-6,14-16H,4,7-13H2,(H,20,21). The van der Waals surface area contributed by atoms with Crippen LogP contribution in [0.2, 0.25) is 0 Å². The predicted molar refractivity (Wildman–Crippen MR) is 84.5 cm³/mol. The molecule has 2 saturated carbocycles. The van der Waals surface area contributed by atoms with E-state index in [-0.39, 0.29) is 6.42 Å². The molecule has 3 nitrogen and oxygen atoms in total. The van der Waals surface area contributed by atoms with Gasteiger partial charge in [0, 0.05) is 25.2 Å². The van der Waals surface area contributed by atoms with E-state index >= 15 is 0 Å². The number of anilines is 1. The lowest BCUT2D eigenvalue weighted by atomic mass is 9.88. The Morgan fingerprint density at radius 3 is 2.62 bits per heavy atom. The topological polar surface area (TPSA) is 40.5 Å². The zero-order valence-corrected chi connectivity index (χ0v) is 12.6. The van der Waals surface area contributed by atoms with E-state index in [0.29, 0.717) is 0 Å². The highest BCUT2D eigenvalue weighted by molar-refractivity contribution is 5.66. The van der Waals surface area contributed by atoms with Crippen molar-refractivity contribution in [3.05, 3.63) is 30.3 Å². The summed E-state index contributed by atoms with van der Waals surface area (Å²) >= 11 is 0. The van der Waals surface area contributed by atoms with Gasteiger partial charge in [-0.2, -0.15) is 0 Å². The molecule has 2 fully saturated rings. The average Bonchev–Trinajstić information content (AvgIpc) is 3.09. The van der Waals surface area contributed by atoms with Crippen LogP contribution in [0, 0.1) is 17.8 Å². The van der Waals surface area contributed by atoms with Gasteiger partial charge in [0.15, 0.2) is 0 Å². The fraction of sp³-hybridized carbons (Fsp3) is 0.611. The zero-order valence-electron chi connectivity index (χ0n) is 12.6. The number of benzene rings is 1. The van der Waals surface area contributed by atoms with Gasteiger partial charge < -0.3 is 10.0 Å². The summed E-state index contributed by atoms with van der Waals surface area (Å²) in [5, 5.41) is 8.85. The minimum absolute atomic E-state index is 0.264. The van der Waals surface area contributed by atoms with Gasteiger partial charge in [-0.15, -0.1) is 0 Å². The number of hydrogen-bond donors (Lipinski definition) is 1. The Kier molecular flexibility index (Phi) is 4.47. The highest BCUT2D eigenvalue weighted by Crippen LogP contribution is 2.48. The molecule has 3 rings (SSSR count). The van der Waals surface area contributed by atoms with Crippen LogP contribution in [0.5, 0.6) is 0 Å². The Morgan fingerprint density at radius 1 is 1.19 bits per heavy atom. The van der Waals surface area contributed by atoms with Crippen LogP contribution >= 0.6 is 0 Å². The first-order valence-corrected chi connectivity index (χ1v) is 8.24. The second-order valence-electron chi connectivity index (χ2n) is 6.71. The van der Waals surface area contributed by atoms with Crippen molar-refractivity contribution >= 4 is 11.7 Å². The largest absolute Gasteiger partial charge is 0.481 e. The van der Waals surface area contributed by atoms with Crippen molar-refractivity contribution in [3.8, 4) is 0 Å². The van der Waals surface area contributed by atoms with Crippen molar-refractivity contribution in [1.29, 1.82) is 0 Å². The minimum atomic E-state index is -0.692. The van der Waals surface area contributed by atoms with E-state index in [1.807, 2.05) is 6.07 Å². The highest BCUT2D eigenvalue weighted by Gasteiger charge is 2.39. The lowest BCUT2D eigenvalue weighted by Gasteiger charge is -2.31. The zero-order chi connectivity index (χ0) is 14.7. The molecule has 3 unspecified atom stereocenters. The van der Waals surface area contributed by atoms with Gasteiger partial charge in [-0.3, -0.25) is 4.79 Å². The number of aliphatic carboxylic acids is 1. The van der Waals surface area contributed by atoms with Gasteiger partial charge >= 0.3 is 5.97 Å². The maximum absolute atomic E-state index is 10.7. The quantitative estimate of drug-likeness (QED) is 0.829. The van der Waals surface area contributed by atoms with Crippen molar-refractivity contribution in [2.24, 2.45) is 17.8 Å². The molecule has 3 heteroatoms. The van der Waals surface area contributed by atoms with Crippen LogP contribution in [-0.2, 0) is 4.79 Å². The first kappa shape index (κ1) is 14.4. The number of carboxylic acid groups (broad SMARTS) is 1. The molecule has 21 heavy (non-hydrogen) atoms. The number of nitrogens with zero attached hydrogens (tertiary/aromatic N) is 1. The van der Waals surface area contributed by atoms with Gasteiger partial charge in [0.1, 0.15) is 0 Å². The van der Waals surface area contributed by atoms with Crippen LogP contribution in [0.3, 0.4) is 0 Å². The molecule has 0 saturated heterocycles. The summed E-state index contributed by atoms with van der Waals surface area (Å²) in [5.74, 6) is 2.01. The van der Waals surface area contributed by atoms with Crippen molar-refractivity contribution in [3.63, 3.8) is 0 Å². The van der Waals surface area contributed by atoms with Crippen molar-refractivity contribution in [2.75, 3.05) is 18.0 Å². The third kappa shape index (κ3) is 3.58. The first-order valence-electron chi connectivity index (χ1n) is 8.24. The maximum Gasteiger partial charge on any atom is 0.303 e. The van der Waals surface area contributed by atoms with Crippen LogP contribution in [0.15, 0.2) is 30.3 Å². The SMILES string of the molecule is O=C(O)CCCN(CC1CC2CCC1C2)c1ccccc1. The lowest BCUT2D eigenvalue weighted by molar-refractivity contribution is -0.137. The molecule has 2 bridgehead atoms. The summed E-state index contributed by atoms with van der Waals surface area (Å²) in [4.78, 5) is 13.2. The van der Waals surface area contributed by atoms with Crippen LogP contribution in [0.25, 0.3) is 0 Å². The third-order valence-corrected chi connectivity index (χ3v) is 5.28. The highest BCUT2D eigenvalue weighted by atomic mass is 16.4. The second-order valence-corrected chi connectivity index (χ2v) is 6.71. The summed E-state index contributed by atoms with van der Waals surface area (Å²) in [5.41, 5.74) is 1.24. The van der Waals surface area contributed by atoms with E-state index < -0.39 is 5.97 Å². The summed E-state index contributed by atoms with van der Waals surface area (Å²) in [6.45, 7) is 1.95. The molecule has 114 valence electrons. The maximum atomic E-state index is 10.7. The molecule has 2 aliphatic carbocycles. The smallest absolute Gasteiger partial charge is 0.303 e. The van der Waals surface area contributed by atoms with Gasteiger partial charge in [-0.1, -0.05) is 24.6 Å². The van der Waals surface area contributed by atoms with Gasteiger partial charge in [-0.05, 0) is 55.6 Å². The molecular weight excluding hydrogens is 262 g/mol. The van der Waals surface area contributed by atoms with Gasteiger partial charge in [0.05, 0.1) is 0 Å². The molecule has 3 atom stereocenters. The molecule has 0 spiro atoms. The Labute approximate surface area is 127 Å². The molecule has 1 aromatic rings. The molecule has 0 aromatic heterocycles. The monoisotopic (exact) mass is 287 g/mol. The fourth-order valence-corrected chi connectivity index (χ4v) is 4.27. The van der Waals surface area contributed by atoms with E-state index in [1.54, 1.807) is 0 Å². The fourth-order valence-electron chi connectivity index (χ4n) is 4.27. The second kappa shape index (κ2) is 6.50. The molecule has 1 aromatic carbocycles. The van der Waals surface area contributed by atoms with Crippen LogP contribution in [-0.4, -0.2) is 24.2 Å². The van der Waals surface area contributed by atoms with Gasteiger partial charge in [-0.25, -0.2) is 0 Å². The van der Waals surface area contributed by atoms with Crippen molar-refractivity contribution in [1.82, 2.24) is 0 Å². The van der Waals surface area contributed by atoms with E-state index in [4.69, 9.17) is 5.11 Å². The van der Waals surface area contributed by atoms with Gasteiger partial charge in [0.2, 0.25) is 0 Å². The van der Waals surface area contributed by atoms with E-state index in [1.165, 1.54) is 31.4 Å². The third-order valence-electron chi connectivity index (χ3n) is 5.28.